The lowest BCUT2D eigenvalue weighted by Gasteiger charge is -2.19. The largest absolute Gasteiger partial charge is 0.493 e. The van der Waals surface area contributed by atoms with Crippen molar-refractivity contribution in [1.29, 1.82) is 0 Å². The Morgan fingerprint density at radius 3 is 2.45 bits per heavy atom. The number of carbonyl (C=O) groups excluding carboxylic acids is 1. The van der Waals surface area contributed by atoms with E-state index in [0.29, 0.717) is 23.1 Å². The van der Waals surface area contributed by atoms with Gasteiger partial charge in [0.15, 0.2) is 19.0 Å². The van der Waals surface area contributed by atoms with Crippen molar-refractivity contribution in [3.8, 4) is 11.6 Å². The molecule has 0 saturated heterocycles. The number of amides is 1. The van der Waals surface area contributed by atoms with E-state index >= 15 is 0 Å². The smallest absolute Gasteiger partial charge is 0.302 e. The number of aromatic hydroxyl groups is 1. The number of carbonyl (C=O) groups is 1. The first kappa shape index (κ1) is 22.8. The normalized spacial score (nSPS) is 11.6. The molecule has 0 saturated carbocycles. The lowest BCUT2D eigenvalue weighted by molar-refractivity contribution is -0.922. The zero-order valence-corrected chi connectivity index (χ0v) is 18.6. The van der Waals surface area contributed by atoms with Gasteiger partial charge in [-0.2, -0.15) is 0 Å². The molecule has 7 nitrogen and oxygen atoms in total. The van der Waals surface area contributed by atoms with Crippen LogP contribution in [0.15, 0.2) is 58.8 Å². The molecule has 2 aromatic carbocycles. The SMILES string of the molecule is CCC[NH+](CCC)Cn1c(O)c(N=NC(=O)COc2ccc(Cl)cc2)c2ccccc21. The van der Waals surface area contributed by atoms with E-state index in [1.54, 1.807) is 24.3 Å². The molecule has 0 unspecified atom stereocenters. The van der Waals surface area contributed by atoms with Gasteiger partial charge < -0.3 is 14.7 Å². The van der Waals surface area contributed by atoms with Crippen LogP contribution in [0.5, 0.6) is 11.6 Å². The third-order valence-electron chi connectivity index (χ3n) is 4.94. The number of hydrogen-bond acceptors (Lipinski definition) is 4. The molecule has 0 bridgehead atoms. The molecule has 1 aromatic heterocycles. The molecule has 0 aliphatic heterocycles. The average molecular weight is 444 g/mol. The molecule has 0 aliphatic rings. The molecule has 0 aliphatic carbocycles. The van der Waals surface area contributed by atoms with Crippen molar-refractivity contribution in [2.24, 2.45) is 10.2 Å². The van der Waals surface area contributed by atoms with E-state index in [1.165, 1.54) is 4.90 Å². The van der Waals surface area contributed by atoms with Gasteiger partial charge in [-0.05, 0) is 43.2 Å². The standard InChI is InChI=1S/C23H27ClN4O3/c1-3-13-27(14-4-2)16-28-20-8-6-5-7-19(20)22(23(28)30)26-25-21(29)15-31-18-11-9-17(24)10-12-18/h5-12,30H,3-4,13-16H2,1-2H3/p+1. The van der Waals surface area contributed by atoms with Gasteiger partial charge in [-0.1, -0.05) is 43.6 Å². The second-order valence-corrected chi connectivity index (χ2v) is 7.80. The van der Waals surface area contributed by atoms with Crippen molar-refractivity contribution < 1.29 is 19.5 Å². The molecular formula is C23H28ClN4O3+. The number of nitrogens with one attached hydrogen (secondary N) is 1. The van der Waals surface area contributed by atoms with Gasteiger partial charge in [0.05, 0.1) is 18.6 Å². The Labute approximate surface area is 186 Å². The van der Waals surface area contributed by atoms with E-state index in [4.69, 9.17) is 16.3 Å². The first-order valence-corrected chi connectivity index (χ1v) is 10.9. The molecule has 0 radical (unpaired) electrons. The molecule has 164 valence electrons. The van der Waals surface area contributed by atoms with Crippen LogP contribution in [-0.2, 0) is 11.5 Å². The van der Waals surface area contributed by atoms with Crippen LogP contribution >= 0.6 is 11.6 Å². The van der Waals surface area contributed by atoms with Crippen LogP contribution in [0.2, 0.25) is 5.02 Å². The fourth-order valence-corrected chi connectivity index (χ4v) is 3.68. The van der Waals surface area contributed by atoms with Crippen LogP contribution in [-0.4, -0.2) is 35.3 Å². The molecule has 31 heavy (non-hydrogen) atoms. The first-order valence-electron chi connectivity index (χ1n) is 10.5. The quantitative estimate of drug-likeness (QED) is 0.457. The Hall–Kier alpha value is -2.90. The van der Waals surface area contributed by atoms with Crippen molar-refractivity contribution in [2.45, 2.75) is 33.4 Å². The van der Waals surface area contributed by atoms with E-state index in [0.717, 1.165) is 36.8 Å². The summed E-state index contributed by atoms with van der Waals surface area (Å²) in [6, 6.07) is 14.3. The van der Waals surface area contributed by atoms with Gasteiger partial charge in [0, 0.05) is 10.4 Å². The summed E-state index contributed by atoms with van der Waals surface area (Å²) in [6.45, 7) is 6.70. The van der Waals surface area contributed by atoms with Gasteiger partial charge >= 0.3 is 5.91 Å². The Morgan fingerprint density at radius 2 is 1.77 bits per heavy atom. The van der Waals surface area contributed by atoms with E-state index in [-0.39, 0.29) is 12.5 Å². The fourth-order valence-electron chi connectivity index (χ4n) is 3.55. The van der Waals surface area contributed by atoms with E-state index in [2.05, 4.69) is 24.1 Å². The highest BCUT2D eigenvalue weighted by molar-refractivity contribution is 6.30. The van der Waals surface area contributed by atoms with Crippen molar-refractivity contribution >= 4 is 34.1 Å². The van der Waals surface area contributed by atoms with Crippen LogP contribution < -0.4 is 9.64 Å². The molecule has 2 N–H and O–H groups in total. The zero-order chi connectivity index (χ0) is 22.2. The number of fused-ring (bicyclic) bond motifs is 1. The summed E-state index contributed by atoms with van der Waals surface area (Å²) < 4.78 is 7.25. The molecular weight excluding hydrogens is 416 g/mol. The third kappa shape index (κ3) is 5.83. The highest BCUT2D eigenvalue weighted by Crippen LogP contribution is 2.38. The molecule has 1 heterocycles. The number of ether oxygens (including phenoxy) is 1. The Bertz CT molecular complexity index is 1040. The lowest BCUT2D eigenvalue weighted by Crippen LogP contribution is -3.11. The number of quaternary nitrogens is 1. The van der Waals surface area contributed by atoms with Crippen LogP contribution in [0, 0.1) is 0 Å². The minimum absolute atomic E-state index is 0.0149. The number of nitrogens with zero attached hydrogens (tertiary/aromatic N) is 3. The number of rotatable bonds is 10. The van der Waals surface area contributed by atoms with Crippen LogP contribution in [0.1, 0.15) is 26.7 Å². The third-order valence-corrected chi connectivity index (χ3v) is 5.20. The predicted molar refractivity (Wildman–Crippen MR) is 121 cm³/mol. The fraction of sp³-hybridized carbons (Fsp3) is 0.348. The number of para-hydroxylation sites is 1. The Kier molecular flexibility index (Phi) is 8.03. The number of halogens is 1. The maximum absolute atomic E-state index is 12.2. The van der Waals surface area contributed by atoms with Crippen molar-refractivity contribution in [3.05, 3.63) is 53.6 Å². The molecule has 8 heteroatoms. The minimum Gasteiger partial charge on any atom is -0.493 e. The molecule has 0 spiro atoms. The highest BCUT2D eigenvalue weighted by Gasteiger charge is 2.20. The van der Waals surface area contributed by atoms with E-state index < -0.39 is 5.91 Å². The van der Waals surface area contributed by atoms with Crippen molar-refractivity contribution in [1.82, 2.24) is 4.57 Å². The van der Waals surface area contributed by atoms with Gasteiger partial charge in [-0.25, -0.2) is 0 Å². The average Bonchev–Trinajstić information content (AvgIpc) is 3.03. The lowest BCUT2D eigenvalue weighted by atomic mass is 10.2. The maximum atomic E-state index is 12.2. The van der Waals surface area contributed by atoms with Gasteiger partial charge in [0.25, 0.3) is 0 Å². The zero-order valence-electron chi connectivity index (χ0n) is 17.8. The first-order chi connectivity index (χ1) is 15.0. The summed E-state index contributed by atoms with van der Waals surface area (Å²) in [5, 5.41) is 20.1. The van der Waals surface area contributed by atoms with Crippen molar-refractivity contribution in [3.63, 3.8) is 0 Å². The van der Waals surface area contributed by atoms with Crippen LogP contribution in [0.3, 0.4) is 0 Å². The summed E-state index contributed by atoms with van der Waals surface area (Å²) in [6.07, 6.45) is 2.12. The molecule has 3 aromatic rings. The summed E-state index contributed by atoms with van der Waals surface area (Å²) in [7, 11) is 0. The predicted octanol–water partition coefficient (Wildman–Crippen LogP) is 4.35. The van der Waals surface area contributed by atoms with Crippen LogP contribution in [0.4, 0.5) is 5.69 Å². The topological polar surface area (TPSA) is 80.6 Å². The van der Waals surface area contributed by atoms with Gasteiger partial charge in [-0.3, -0.25) is 9.36 Å². The van der Waals surface area contributed by atoms with Gasteiger partial charge in [0.1, 0.15) is 5.75 Å². The van der Waals surface area contributed by atoms with E-state index in [9.17, 15) is 9.90 Å². The number of hydrogen-bond donors (Lipinski definition) is 2. The number of benzene rings is 2. The van der Waals surface area contributed by atoms with Gasteiger partial charge in [0.2, 0.25) is 5.88 Å². The number of aromatic nitrogens is 1. The summed E-state index contributed by atoms with van der Waals surface area (Å²) in [5.41, 5.74) is 1.16. The maximum Gasteiger partial charge on any atom is 0.302 e. The van der Waals surface area contributed by atoms with Crippen molar-refractivity contribution in [2.75, 3.05) is 19.7 Å². The van der Waals surface area contributed by atoms with E-state index in [1.807, 2.05) is 28.8 Å². The second-order valence-electron chi connectivity index (χ2n) is 7.36. The summed E-state index contributed by atoms with van der Waals surface area (Å²) in [5.74, 6) is -0.0150. The highest BCUT2D eigenvalue weighted by atomic mass is 35.5. The van der Waals surface area contributed by atoms with Gasteiger partial charge in [-0.15, -0.1) is 10.2 Å². The molecule has 1 amide bonds. The Balaban J connectivity index is 1.78. The summed E-state index contributed by atoms with van der Waals surface area (Å²) >= 11 is 5.84. The minimum atomic E-state index is -0.546. The second kappa shape index (κ2) is 10.9. The Morgan fingerprint density at radius 1 is 1.10 bits per heavy atom. The van der Waals surface area contributed by atoms with Crippen LogP contribution in [0.25, 0.3) is 10.9 Å². The summed E-state index contributed by atoms with van der Waals surface area (Å²) in [4.78, 5) is 13.5. The monoisotopic (exact) mass is 443 g/mol. The molecule has 0 fully saturated rings. The molecule has 3 rings (SSSR count). The number of azo groups is 1. The molecule has 0 atom stereocenters.